The van der Waals surface area contributed by atoms with Crippen LogP contribution in [0.1, 0.15) is 25.3 Å². The highest BCUT2D eigenvalue weighted by Gasteiger charge is 2.04. The molecule has 0 bridgehead atoms. The zero-order valence-corrected chi connectivity index (χ0v) is 10.2. The third-order valence-corrected chi connectivity index (χ3v) is 2.45. The van der Waals surface area contributed by atoms with E-state index in [4.69, 9.17) is 5.11 Å². The van der Waals surface area contributed by atoms with Crippen LogP contribution < -0.4 is 5.32 Å². The molecule has 18 heavy (non-hydrogen) atoms. The van der Waals surface area contributed by atoms with Gasteiger partial charge in [0, 0.05) is 19.0 Å². The highest BCUT2D eigenvalue weighted by Crippen LogP contribution is 2.08. The molecule has 1 rings (SSSR count). The van der Waals surface area contributed by atoms with Crippen LogP contribution in [0.5, 0.6) is 0 Å². The first-order valence-electron chi connectivity index (χ1n) is 5.87. The fourth-order valence-electron chi connectivity index (χ4n) is 1.53. The Kier molecular flexibility index (Phi) is 5.71. The van der Waals surface area contributed by atoms with E-state index in [0.717, 1.165) is 6.07 Å². The number of nitrogens with one attached hydrogen (secondary N) is 1. The van der Waals surface area contributed by atoms with Gasteiger partial charge in [-0.2, -0.15) is 0 Å². The van der Waals surface area contributed by atoms with Gasteiger partial charge >= 0.3 is 0 Å². The highest BCUT2D eigenvalue weighted by atomic mass is 19.1. The van der Waals surface area contributed by atoms with E-state index in [0.29, 0.717) is 24.9 Å². The molecule has 1 unspecified atom stereocenters. The van der Waals surface area contributed by atoms with Crippen LogP contribution in [0.4, 0.5) is 8.78 Å². The summed E-state index contributed by atoms with van der Waals surface area (Å²) >= 11 is 0. The largest absolute Gasteiger partial charge is 0.393 e. The van der Waals surface area contributed by atoms with Gasteiger partial charge in [0.2, 0.25) is 5.91 Å². The Hall–Kier alpha value is -1.49. The van der Waals surface area contributed by atoms with E-state index in [1.165, 1.54) is 12.1 Å². The number of amides is 1. The Labute approximate surface area is 105 Å². The molecule has 1 amide bonds. The molecule has 0 aliphatic carbocycles. The van der Waals surface area contributed by atoms with Crippen molar-refractivity contribution >= 4 is 5.91 Å². The van der Waals surface area contributed by atoms with E-state index < -0.39 is 17.7 Å². The van der Waals surface area contributed by atoms with Crippen LogP contribution in [0, 0.1) is 11.6 Å². The molecule has 5 heteroatoms. The Balaban J connectivity index is 2.30. The van der Waals surface area contributed by atoms with Crippen molar-refractivity contribution in [3.63, 3.8) is 0 Å². The fraction of sp³-hybridized carbons (Fsp3) is 0.462. The lowest BCUT2D eigenvalue weighted by atomic mass is 10.1. The van der Waals surface area contributed by atoms with Gasteiger partial charge in [-0.05, 0) is 37.5 Å². The van der Waals surface area contributed by atoms with Crippen molar-refractivity contribution < 1.29 is 18.7 Å². The van der Waals surface area contributed by atoms with Crippen LogP contribution in [0.2, 0.25) is 0 Å². The van der Waals surface area contributed by atoms with Crippen LogP contribution in [0.25, 0.3) is 0 Å². The number of rotatable bonds is 6. The van der Waals surface area contributed by atoms with Gasteiger partial charge < -0.3 is 10.4 Å². The van der Waals surface area contributed by atoms with Crippen LogP contribution in [-0.4, -0.2) is 23.7 Å². The van der Waals surface area contributed by atoms with Crippen molar-refractivity contribution in [2.24, 2.45) is 0 Å². The van der Waals surface area contributed by atoms with Crippen molar-refractivity contribution in [3.8, 4) is 0 Å². The van der Waals surface area contributed by atoms with E-state index >= 15 is 0 Å². The number of carbonyl (C=O) groups excluding carboxylic acids is 1. The van der Waals surface area contributed by atoms with Gasteiger partial charge in [-0.15, -0.1) is 0 Å². The molecule has 2 N–H and O–H groups in total. The highest BCUT2D eigenvalue weighted by molar-refractivity contribution is 5.75. The summed E-state index contributed by atoms with van der Waals surface area (Å²) in [7, 11) is 0. The van der Waals surface area contributed by atoms with E-state index in [-0.39, 0.29) is 12.3 Å². The van der Waals surface area contributed by atoms with Gasteiger partial charge in [0.25, 0.3) is 0 Å². The minimum atomic E-state index is -0.620. The normalized spacial score (nSPS) is 12.2. The molecule has 0 aromatic heterocycles. The molecule has 3 nitrogen and oxygen atoms in total. The Morgan fingerprint density at radius 3 is 2.50 bits per heavy atom. The minimum absolute atomic E-state index is 0.173. The molecule has 1 atom stereocenters. The molecular formula is C13H17F2NO2. The smallest absolute Gasteiger partial charge is 0.220 e. The Morgan fingerprint density at radius 2 is 1.94 bits per heavy atom. The number of carbonyl (C=O) groups is 1. The predicted molar refractivity (Wildman–Crippen MR) is 64.0 cm³/mol. The molecular weight excluding hydrogens is 240 g/mol. The van der Waals surface area contributed by atoms with E-state index in [1.54, 1.807) is 6.92 Å². The SMILES string of the molecule is CC(O)CCC(=O)NCCc1cc(F)cc(F)c1. The zero-order chi connectivity index (χ0) is 13.5. The molecule has 0 aliphatic rings. The van der Waals surface area contributed by atoms with Gasteiger partial charge in [0.15, 0.2) is 0 Å². The number of benzene rings is 1. The summed E-state index contributed by atoms with van der Waals surface area (Å²) < 4.78 is 25.7. The van der Waals surface area contributed by atoms with Gasteiger partial charge in [0.1, 0.15) is 11.6 Å². The molecule has 1 aromatic carbocycles. The standard InChI is InChI=1S/C13H17F2NO2/c1-9(17)2-3-13(18)16-5-4-10-6-11(14)8-12(15)7-10/h6-9,17H,2-5H2,1H3,(H,16,18). The topological polar surface area (TPSA) is 49.3 Å². The summed E-state index contributed by atoms with van der Waals surface area (Å²) in [6.45, 7) is 1.93. The second-order valence-corrected chi connectivity index (χ2v) is 4.27. The lowest BCUT2D eigenvalue weighted by Crippen LogP contribution is -2.26. The monoisotopic (exact) mass is 257 g/mol. The maximum atomic E-state index is 12.9. The van der Waals surface area contributed by atoms with E-state index in [1.807, 2.05) is 0 Å². The molecule has 0 fully saturated rings. The van der Waals surface area contributed by atoms with Gasteiger partial charge in [-0.25, -0.2) is 8.78 Å². The molecule has 1 aromatic rings. The summed E-state index contributed by atoms with van der Waals surface area (Å²) in [5.41, 5.74) is 0.503. The van der Waals surface area contributed by atoms with Crippen LogP contribution in [-0.2, 0) is 11.2 Å². The maximum Gasteiger partial charge on any atom is 0.220 e. The number of hydrogen-bond acceptors (Lipinski definition) is 2. The predicted octanol–water partition coefficient (Wildman–Crippen LogP) is 1.78. The second kappa shape index (κ2) is 7.06. The van der Waals surface area contributed by atoms with Crippen LogP contribution in [0.3, 0.4) is 0 Å². The number of aliphatic hydroxyl groups is 1. The lowest BCUT2D eigenvalue weighted by molar-refractivity contribution is -0.121. The number of hydrogen-bond donors (Lipinski definition) is 2. The zero-order valence-electron chi connectivity index (χ0n) is 10.2. The quantitative estimate of drug-likeness (QED) is 0.816. The third kappa shape index (κ3) is 5.72. The second-order valence-electron chi connectivity index (χ2n) is 4.27. The summed E-state index contributed by atoms with van der Waals surface area (Å²) in [4.78, 5) is 11.3. The third-order valence-electron chi connectivity index (χ3n) is 2.45. The van der Waals surface area contributed by atoms with Crippen molar-refractivity contribution in [1.29, 1.82) is 0 Å². The van der Waals surface area contributed by atoms with Gasteiger partial charge in [-0.3, -0.25) is 4.79 Å². The molecule has 0 saturated carbocycles. The van der Waals surface area contributed by atoms with Crippen LogP contribution >= 0.6 is 0 Å². The van der Waals surface area contributed by atoms with Gasteiger partial charge in [0.05, 0.1) is 6.10 Å². The molecule has 0 saturated heterocycles. The summed E-state index contributed by atoms with van der Waals surface area (Å²) in [6.07, 6.45) is 0.512. The molecule has 0 aliphatic heterocycles. The minimum Gasteiger partial charge on any atom is -0.393 e. The molecule has 0 radical (unpaired) electrons. The first-order chi connectivity index (χ1) is 8.47. The summed E-state index contributed by atoms with van der Waals surface area (Å²) in [5.74, 6) is -1.41. The number of halogens is 2. The first-order valence-corrected chi connectivity index (χ1v) is 5.87. The maximum absolute atomic E-state index is 12.9. The first kappa shape index (κ1) is 14.6. The van der Waals surface area contributed by atoms with E-state index in [2.05, 4.69) is 5.32 Å². The van der Waals surface area contributed by atoms with Crippen molar-refractivity contribution in [1.82, 2.24) is 5.32 Å². The van der Waals surface area contributed by atoms with Crippen molar-refractivity contribution in [2.45, 2.75) is 32.3 Å². The number of aliphatic hydroxyl groups excluding tert-OH is 1. The molecule has 100 valence electrons. The lowest BCUT2D eigenvalue weighted by Gasteiger charge is -2.07. The van der Waals surface area contributed by atoms with Crippen molar-refractivity contribution in [2.75, 3.05) is 6.54 Å². The van der Waals surface area contributed by atoms with E-state index in [9.17, 15) is 13.6 Å². The summed E-state index contributed by atoms with van der Waals surface area (Å²) in [6, 6.07) is 3.29. The van der Waals surface area contributed by atoms with Gasteiger partial charge in [-0.1, -0.05) is 0 Å². The molecule has 0 spiro atoms. The fourth-order valence-corrected chi connectivity index (χ4v) is 1.53. The van der Waals surface area contributed by atoms with Crippen molar-refractivity contribution in [3.05, 3.63) is 35.4 Å². The summed E-state index contributed by atoms with van der Waals surface area (Å²) in [5, 5.41) is 11.6. The average Bonchev–Trinajstić information content (AvgIpc) is 2.25. The molecule has 0 heterocycles. The Bertz CT molecular complexity index is 388. The van der Waals surface area contributed by atoms with Crippen LogP contribution in [0.15, 0.2) is 18.2 Å². The average molecular weight is 257 g/mol. The Morgan fingerprint density at radius 1 is 1.33 bits per heavy atom.